The Labute approximate surface area is 88.5 Å². The minimum absolute atomic E-state index is 0.0652. The summed E-state index contributed by atoms with van der Waals surface area (Å²) in [5.74, 6) is -0.415. The second-order valence-corrected chi connectivity index (χ2v) is 3.94. The van der Waals surface area contributed by atoms with E-state index >= 15 is 0 Å². The number of amides is 1. The lowest BCUT2D eigenvalue weighted by Crippen LogP contribution is -2.21. The third-order valence-electron chi connectivity index (χ3n) is 2.46. The maximum Gasteiger partial charge on any atom is 0.226 e. The van der Waals surface area contributed by atoms with Gasteiger partial charge in [-0.3, -0.25) is 4.79 Å². The summed E-state index contributed by atoms with van der Waals surface area (Å²) in [6.07, 6.45) is 0.399. The lowest BCUT2D eigenvalue weighted by molar-refractivity contribution is -0.116. The quantitative estimate of drug-likeness (QED) is 0.596. The third-order valence-corrected chi connectivity index (χ3v) is 2.46. The van der Waals surface area contributed by atoms with E-state index in [4.69, 9.17) is 0 Å². The molecule has 0 spiro atoms. The Morgan fingerprint density at radius 2 is 2.27 bits per heavy atom. The van der Waals surface area contributed by atoms with Crippen LogP contribution in [0.15, 0.2) is 12.1 Å². The molecule has 1 aromatic rings. The van der Waals surface area contributed by atoms with Gasteiger partial charge in [-0.05, 0) is 19.1 Å². The van der Waals surface area contributed by atoms with Crippen LogP contribution in [0.25, 0.3) is 0 Å². The molecule has 0 radical (unpaired) electrons. The van der Waals surface area contributed by atoms with Crippen LogP contribution < -0.4 is 16.1 Å². The van der Waals surface area contributed by atoms with E-state index in [1.807, 2.05) is 14.8 Å². The number of carbonyl (C=O) groups excluding carboxylic acids is 1. The summed E-state index contributed by atoms with van der Waals surface area (Å²) in [5.41, 5.74) is 2.15. The number of halogens is 1. The van der Waals surface area contributed by atoms with Gasteiger partial charge in [0.15, 0.2) is 0 Å². The first kappa shape index (κ1) is 10.0. The van der Waals surface area contributed by atoms with Gasteiger partial charge < -0.3 is 10.6 Å². The van der Waals surface area contributed by atoms with Crippen LogP contribution >= 0.6 is 0 Å². The molecule has 0 unspecified atom stereocenters. The van der Waals surface area contributed by atoms with Crippen LogP contribution in [0.3, 0.4) is 0 Å². The van der Waals surface area contributed by atoms with Gasteiger partial charge in [-0.1, -0.05) is 5.46 Å². The zero-order valence-electron chi connectivity index (χ0n) is 8.73. The highest BCUT2D eigenvalue weighted by Crippen LogP contribution is 2.24. The van der Waals surface area contributed by atoms with Crippen LogP contribution in [-0.4, -0.2) is 19.8 Å². The van der Waals surface area contributed by atoms with Gasteiger partial charge in [0.2, 0.25) is 5.91 Å². The molecule has 0 bridgehead atoms. The van der Waals surface area contributed by atoms with Crippen molar-refractivity contribution in [3.8, 4) is 0 Å². The average molecular weight is 206 g/mol. The molecule has 0 aliphatic carbocycles. The Bertz CT molecular complexity index is 422. The molecular formula is C10H12BFN2O. The summed E-state index contributed by atoms with van der Waals surface area (Å²) >= 11 is 0. The average Bonchev–Trinajstić information content (AvgIpc) is 2.22. The number of hydrogen-bond acceptors (Lipinski definition) is 2. The molecule has 1 aliphatic rings. The Morgan fingerprint density at radius 1 is 1.53 bits per heavy atom. The first-order chi connectivity index (χ1) is 7.06. The molecule has 2 N–H and O–H groups in total. The predicted octanol–water partition coefficient (Wildman–Crippen LogP) is 0.227. The van der Waals surface area contributed by atoms with Crippen LogP contribution in [-0.2, 0) is 4.79 Å². The van der Waals surface area contributed by atoms with E-state index in [1.54, 1.807) is 0 Å². The number of anilines is 2. The zero-order valence-corrected chi connectivity index (χ0v) is 8.73. The van der Waals surface area contributed by atoms with Crippen molar-refractivity contribution in [2.75, 3.05) is 10.6 Å². The van der Waals surface area contributed by atoms with Crippen LogP contribution in [0.1, 0.15) is 13.3 Å². The lowest BCUT2D eigenvalue weighted by atomic mass is 9.92. The smallest absolute Gasteiger partial charge is 0.226 e. The van der Waals surface area contributed by atoms with Crippen molar-refractivity contribution in [3.63, 3.8) is 0 Å². The molecule has 15 heavy (non-hydrogen) atoms. The SMILES string of the molecule is Bc1cc(F)cc2c1N[C@H](C)CC(=O)N2. The van der Waals surface area contributed by atoms with Crippen molar-refractivity contribution < 1.29 is 9.18 Å². The fourth-order valence-corrected chi connectivity index (χ4v) is 1.81. The summed E-state index contributed by atoms with van der Waals surface area (Å²) in [5, 5.41) is 5.89. The molecule has 1 aromatic carbocycles. The first-order valence-electron chi connectivity index (χ1n) is 4.93. The summed E-state index contributed by atoms with van der Waals surface area (Å²) < 4.78 is 13.1. The zero-order chi connectivity index (χ0) is 11.0. The van der Waals surface area contributed by atoms with Gasteiger partial charge in [-0.2, -0.15) is 0 Å². The third kappa shape index (κ3) is 1.96. The molecule has 0 fully saturated rings. The number of rotatable bonds is 0. The Morgan fingerprint density at radius 3 is 3.00 bits per heavy atom. The molecule has 5 heteroatoms. The van der Waals surface area contributed by atoms with Crippen LogP contribution in [0.5, 0.6) is 0 Å². The molecule has 0 aromatic heterocycles. The number of carbonyl (C=O) groups is 1. The van der Waals surface area contributed by atoms with Gasteiger partial charge >= 0.3 is 0 Å². The molecule has 0 saturated heterocycles. The van der Waals surface area contributed by atoms with Gasteiger partial charge in [0.1, 0.15) is 13.7 Å². The maximum absolute atomic E-state index is 13.1. The molecule has 1 heterocycles. The molecule has 2 rings (SSSR count). The molecule has 78 valence electrons. The minimum Gasteiger partial charge on any atom is -0.381 e. The topological polar surface area (TPSA) is 41.1 Å². The fourth-order valence-electron chi connectivity index (χ4n) is 1.81. The summed E-state index contributed by atoms with van der Waals surface area (Å²) in [6.45, 7) is 1.93. The van der Waals surface area contributed by atoms with E-state index in [2.05, 4.69) is 10.6 Å². The highest BCUT2D eigenvalue weighted by atomic mass is 19.1. The molecule has 1 atom stereocenters. The highest BCUT2D eigenvalue weighted by Gasteiger charge is 2.19. The maximum atomic E-state index is 13.1. The van der Waals surface area contributed by atoms with E-state index < -0.39 is 0 Å². The number of hydrogen-bond donors (Lipinski definition) is 2. The first-order valence-corrected chi connectivity index (χ1v) is 4.93. The fraction of sp³-hybridized carbons (Fsp3) is 0.300. The second-order valence-electron chi connectivity index (χ2n) is 3.94. The van der Waals surface area contributed by atoms with Crippen molar-refractivity contribution >= 4 is 30.6 Å². The summed E-state index contributed by atoms with van der Waals surface area (Å²) in [6, 6.07) is 2.86. The van der Waals surface area contributed by atoms with E-state index in [0.29, 0.717) is 12.1 Å². The van der Waals surface area contributed by atoms with E-state index in [-0.39, 0.29) is 17.8 Å². The molecule has 0 saturated carbocycles. The van der Waals surface area contributed by atoms with E-state index in [1.165, 1.54) is 12.1 Å². The number of fused-ring (bicyclic) bond motifs is 1. The standard InChI is InChI=1S/C10H12BFN2O/c1-5-2-9(15)14-8-4-6(12)3-7(11)10(8)13-5/h3-5,13H,2,11H2,1H3,(H,14,15)/t5-/m1/s1. The van der Waals surface area contributed by atoms with Crippen LogP contribution in [0.2, 0.25) is 0 Å². The van der Waals surface area contributed by atoms with Gasteiger partial charge in [0.25, 0.3) is 0 Å². The second kappa shape index (κ2) is 3.57. The molecular weight excluding hydrogens is 194 g/mol. The predicted molar refractivity (Wildman–Crippen MR) is 60.9 cm³/mol. The monoisotopic (exact) mass is 206 g/mol. The van der Waals surface area contributed by atoms with Crippen molar-refractivity contribution in [2.24, 2.45) is 0 Å². The Kier molecular flexibility index (Phi) is 2.38. The Hall–Kier alpha value is -1.52. The van der Waals surface area contributed by atoms with Crippen molar-refractivity contribution in [1.29, 1.82) is 0 Å². The van der Waals surface area contributed by atoms with Gasteiger partial charge in [0, 0.05) is 12.5 Å². The van der Waals surface area contributed by atoms with Gasteiger partial charge in [-0.15, -0.1) is 0 Å². The Balaban J connectivity index is 2.50. The number of nitrogens with one attached hydrogen (secondary N) is 2. The summed E-state index contributed by atoms with van der Waals surface area (Å²) in [4.78, 5) is 11.4. The van der Waals surface area contributed by atoms with Gasteiger partial charge in [0.05, 0.1) is 11.4 Å². The lowest BCUT2D eigenvalue weighted by Gasteiger charge is -2.14. The van der Waals surface area contributed by atoms with E-state index in [0.717, 1.165) is 11.2 Å². The van der Waals surface area contributed by atoms with Gasteiger partial charge in [-0.25, -0.2) is 4.39 Å². The minimum atomic E-state index is -0.331. The van der Waals surface area contributed by atoms with Crippen LogP contribution in [0, 0.1) is 5.82 Å². The van der Waals surface area contributed by atoms with Crippen molar-refractivity contribution in [3.05, 3.63) is 17.9 Å². The van der Waals surface area contributed by atoms with Crippen molar-refractivity contribution in [2.45, 2.75) is 19.4 Å². The highest BCUT2D eigenvalue weighted by molar-refractivity contribution is 6.37. The molecule has 1 amide bonds. The summed E-state index contributed by atoms with van der Waals surface area (Å²) in [7, 11) is 1.82. The molecule has 1 aliphatic heterocycles. The molecule has 3 nitrogen and oxygen atoms in total. The largest absolute Gasteiger partial charge is 0.381 e. The van der Waals surface area contributed by atoms with Crippen molar-refractivity contribution in [1.82, 2.24) is 0 Å². The number of benzene rings is 1. The normalized spacial score (nSPS) is 19.9. The van der Waals surface area contributed by atoms with Crippen LogP contribution in [0.4, 0.5) is 15.8 Å². The van der Waals surface area contributed by atoms with E-state index in [9.17, 15) is 9.18 Å².